The molecule has 106 valence electrons. The smallest absolute Gasteiger partial charge is 0.145 e. The Morgan fingerprint density at radius 3 is 2.45 bits per heavy atom. The highest BCUT2D eigenvalue weighted by molar-refractivity contribution is 6.30. The number of aliphatic hydroxyl groups excluding tert-OH is 1. The van der Waals surface area contributed by atoms with Crippen LogP contribution in [-0.4, -0.2) is 11.2 Å². The predicted molar refractivity (Wildman–Crippen MR) is 80.6 cm³/mol. The zero-order chi connectivity index (χ0) is 14.5. The molecule has 0 fully saturated rings. The minimum Gasteiger partial charge on any atom is -0.392 e. The fourth-order valence-corrected chi connectivity index (χ4v) is 2.70. The van der Waals surface area contributed by atoms with Crippen molar-refractivity contribution in [2.24, 2.45) is 0 Å². The van der Waals surface area contributed by atoms with E-state index in [0.717, 1.165) is 12.0 Å². The van der Waals surface area contributed by atoms with E-state index in [2.05, 4.69) is 0 Å². The molecule has 20 heavy (non-hydrogen) atoms. The van der Waals surface area contributed by atoms with E-state index in [1.807, 2.05) is 37.3 Å². The van der Waals surface area contributed by atoms with Crippen LogP contribution in [0.15, 0.2) is 48.5 Å². The lowest BCUT2D eigenvalue weighted by molar-refractivity contribution is 0.140. The molecule has 1 nitrogen and oxygen atoms in total. The first kappa shape index (κ1) is 15.0. The van der Waals surface area contributed by atoms with Crippen LogP contribution in [0.3, 0.4) is 0 Å². The van der Waals surface area contributed by atoms with E-state index in [-0.39, 0.29) is 17.4 Å². The first-order valence-electron chi connectivity index (χ1n) is 6.79. The molecule has 0 heterocycles. The Morgan fingerprint density at radius 2 is 1.80 bits per heavy atom. The molecule has 0 aliphatic heterocycles. The standard InChI is InChI=1S/C17H18ClFO/c1-2-14(12-7-4-3-5-8-12)16(20)11-13-9-6-10-15(18)17(13)19/h3-10,14,16,20H,2,11H2,1H3. The highest BCUT2D eigenvalue weighted by atomic mass is 35.5. The van der Waals surface area contributed by atoms with Gasteiger partial charge in [-0.15, -0.1) is 0 Å². The maximum atomic E-state index is 13.9. The summed E-state index contributed by atoms with van der Waals surface area (Å²) < 4.78 is 13.9. The first-order chi connectivity index (χ1) is 9.63. The third-order valence-corrected chi connectivity index (χ3v) is 3.88. The zero-order valence-electron chi connectivity index (χ0n) is 11.4. The van der Waals surface area contributed by atoms with Gasteiger partial charge in [-0.2, -0.15) is 0 Å². The van der Waals surface area contributed by atoms with Gasteiger partial charge in [-0.25, -0.2) is 4.39 Å². The van der Waals surface area contributed by atoms with Crippen molar-refractivity contribution in [3.63, 3.8) is 0 Å². The van der Waals surface area contributed by atoms with Crippen molar-refractivity contribution in [2.45, 2.75) is 31.8 Å². The van der Waals surface area contributed by atoms with Crippen LogP contribution in [0.4, 0.5) is 4.39 Å². The molecule has 0 aliphatic rings. The van der Waals surface area contributed by atoms with Gasteiger partial charge in [0.15, 0.2) is 0 Å². The topological polar surface area (TPSA) is 20.2 Å². The van der Waals surface area contributed by atoms with Gasteiger partial charge in [0.25, 0.3) is 0 Å². The molecule has 3 heteroatoms. The van der Waals surface area contributed by atoms with Crippen molar-refractivity contribution < 1.29 is 9.50 Å². The Bertz CT molecular complexity index is 556. The Labute approximate surface area is 124 Å². The van der Waals surface area contributed by atoms with Crippen molar-refractivity contribution >= 4 is 11.6 Å². The second kappa shape index (κ2) is 6.87. The van der Waals surface area contributed by atoms with Crippen molar-refractivity contribution in [1.29, 1.82) is 0 Å². The molecule has 2 aromatic carbocycles. The molecular weight excluding hydrogens is 275 g/mol. The van der Waals surface area contributed by atoms with Gasteiger partial charge in [0.05, 0.1) is 11.1 Å². The fraction of sp³-hybridized carbons (Fsp3) is 0.294. The molecule has 0 saturated heterocycles. The van der Waals surface area contributed by atoms with Gasteiger partial charge in [0.2, 0.25) is 0 Å². The lowest BCUT2D eigenvalue weighted by atomic mass is 9.87. The molecule has 2 aromatic rings. The molecule has 2 unspecified atom stereocenters. The van der Waals surface area contributed by atoms with E-state index in [4.69, 9.17) is 11.6 Å². The summed E-state index contributed by atoms with van der Waals surface area (Å²) >= 11 is 5.77. The number of hydrogen-bond donors (Lipinski definition) is 1. The zero-order valence-corrected chi connectivity index (χ0v) is 12.1. The van der Waals surface area contributed by atoms with Gasteiger partial charge in [0.1, 0.15) is 5.82 Å². The van der Waals surface area contributed by atoms with Crippen molar-refractivity contribution in [1.82, 2.24) is 0 Å². The molecule has 1 N–H and O–H groups in total. The molecular formula is C17H18ClFO. The second-order valence-electron chi connectivity index (χ2n) is 4.91. The van der Waals surface area contributed by atoms with E-state index in [0.29, 0.717) is 5.56 Å². The van der Waals surface area contributed by atoms with Gasteiger partial charge >= 0.3 is 0 Å². The van der Waals surface area contributed by atoms with E-state index < -0.39 is 11.9 Å². The quantitative estimate of drug-likeness (QED) is 0.855. The van der Waals surface area contributed by atoms with E-state index in [1.54, 1.807) is 12.1 Å². The average molecular weight is 293 g/mol. The normalized spacial score (nSPS) is 14.0. The minimum absolute atomic E-state index is 0.00502. The molecule has 0 saturated carbocycles. The van der Waals surface area contributed by atoms with Crippen molar-refractivity contribution in [3.05, 3.63) is 70.5 Å². The lowest BCUT2D eigenvalue weighted by Crippen LogP contribution is -2.21. The maximum absolute atomic E-state index is 13.9. The summed E-state index contributed by atoms with van der Waals surface area (Å²) in [5.74, 6) is -0.439. The number of aliphatic hydroxyl groups is 1. The van der Waals surface area contributed by atoms with Crippen LogP contribution in [0.1, 0.15) is 30.4 Å². The Morgan fingerprint density at radius 1 is 1.10 bits per heavy atom. The maximum Gasteiger partial charge on any atom is 0.145 e. The van der Waals surface area contributed by atoms with Gasteiger partial charge in [0, 0.05) is 12.3 Å². The van der Waals surface area contributed by atoms with E-state index >= 15 is 0 Å². The summed E-state index contributed by atoms with van der Waals surface area (Å²) in [4.78, 5) is 0. The molecule has 0 radical (unpaired) electrons. The van der Waals surface area contributed by atoms with Crippen LogP contribution in [0.25, 0.3) is 0 Å². The minimum atomic E-state index is -0.629. The highest BCUT2D eigenvalue weighted by Gasteiger charge is 2.21. The van der Waals surface area contributed by atoms with Gasteiger partial charge in [-0.3, -0.25) is 0 Å². The van der Waals surface area contributed by atoms with Gasteiger partial charge in [-0.1, -0.05) is 61.0 Å². The molecule has 0 aromatic heterocycles. The lowest BCUT2D eigenvalue weighted by Gasteiger charge is -2.22. The van der Waals surface area contributed by atoms with Crippen LogP contribution in [-0.2, 0) is 6.42 Å². The molecule has 0 bridgehead atoms. The first-order valence-corrected chi connectivity index (χ1v) is 7.17. The van der Waals surface area contributed by atoms with E-state index in [1.165, 1.54) is 6.07 Å². The summed E-state index contributed by atoms with van der Waals surface area (Å²) in [5, 5.41) is 10.5. The molecule has 2 rings (SSSR count). The number of benzene rings is 2. The van der Waals surface area contributed by atoms with Crippen LogP contribution in [0, 0.1) is 5.82 Å². The van der Waals surface area contributed by atoms with Gasteiger partial charge in [-0.05, 0) is 23.6 Å². The summed E-state index contributed by atoms with van der Waals surface area (Å²) in [6.07, 6.45) is 0.433. The SMILES string of the molecule is CCC(c1ccccc1)C(O)Cc1cccc(Cl)c1F. The third-order valence-electron chi connectivity index (χ3n) is 3.59. The van der Waals surface area contributed by atoms with Crippen LogP contribution in [0.2, 0.25) is 5.02 Å². The number of rotatable bonds is 5. The Balaban J connectivity index is 2.18. The summed E-state index contributed by atoms with van der Waals surface area (Å²) in [7, 11) is 0. The van der Waals surface area contributed by atoms with Crippen molar-refractivity contribution in [2.75, 3.05) is 0 Å². The van der Waals surface area contributed by atoms with Crippen LogP contribution < -0.4 is 0 Å². The molecule has 0 aliphatic carbocycles. The molecule has 0 spiro atoms. The average Bonchev–Trinajstić information content (AvgIpc) is 2.46. The summed E-state index contributed by atoms with van der Waals surface area (Å²) in [5.41, 5.74) is 1.53. The fourth-order valence-electron chi connectivity index (χ4n) is 2.50. The molecule has 2 atom stereocenters. The summed E-state index contributed by atoms with van der Waals surface area (Å²) in [6.45, 7) is 2.02. The Kier molecular flexibility index (Phi) is 5.16. The number of hydrogen-bond acceptors (Lipinski definition) is 1. The van der Waals surface area contributed by atoms with E-state index in [9.17, 15) is 9.50 Å². The van der Waals surface area contributed by atoms with Crippen molar-refractivity contribution in [3.8, 4) is 0 Å². The summed E-state index contributed by atoms with van der Waals surface area (Å²) in [6, 6.07) is 14.7. The second-order valence-corrected chi connectivity index (χ2v) is 5.32. The molecule has 0 amide bonds. The van der Waals surface area contributed by atoms with Crippen LogP contribution in [0.5, 0.6) is 0 Å². The highest BCUT2D eigenvalue weighted by Crippen LogP contribution is 2.27. The van der Waals surface area contributed by atoms with Crippen LogP contribution >= 0.6 is 11.6 Å². The van der Waals surface area contributed by atoms with Gasteiger partial charge < -0.3 is 5.11 Å². The Hall–Kier alpha value is -1.38. The predicted octanol–water partition coefficient (Wildman–Crippen LogP) is 4.58. The third kappa shape index (κ3) is 3.38. The monoisotopic (exact) mass is 292 g/mol. The number of halogens is 2. The largest absolute Gasteiger partial charge is 0.392 e.